The highest BCUT2D eigenvalue weighted by molar-refractivity contribution is 5.93. The van der Waals surface area contributed by atoms with Crippen LogP contribution in [0.4, 0.5) is 5.82 Å². The van der Waals surface area contributed by atoms with E-state index >= 15 is 0 Å². The predicted octanol–water partition coefficient (Wildman–Crippen LogP) is 5.14. The van der Waals surface area contributed by atoms with E-state index in [0.29, 0.717) is 19.3 Å². The zero-order valence-corrected chi connectivity index (χ0v) is 18.1. The Labute approximate surface area is 178 Å². The van der Waals surface area contributed by atoms with E-state index < -0.39 is 0 Å². The van der Waals surface area contributed by atoms with Gasteiger partial charge in [-0.15, -0.1) is 0 Å². The molecule has 0 atom stereocenters. The molecule has 1 N–H and O–H groups in total. The van der Waals surface area contributed by atoms with Crippen molar-refractivity contribution in [3.8, 4) is 16.9 Å². The molecule has 1 aliphatic rings. The van der Waals surface area contributed by atoms with Crippen molar-refractivity contribution in [2.45, 2.75) is 27.2 Å². The Morgan fingerprint density at radius 1 is 1.07 bits per heavy atom. The van der Waals surface area contributed by atoms with Crippen LogP contribution in [-0.2, 0) is 9.47 Å². The summed E-state index contributed by atoms with van der Waals surface area (Å²) in [5, 5.41) is 4.49. The highest BCUT2D eigenvalue weighted by atomic mass is 16.7. The minimum atomic E-state index is 0.500. The van der Waals surface area contributed by atoms with Crippen molar-refractivity contribution in [1.29, 1.82) is 0 Å². The third kappa shape index (κ3) is 6.15. The predicted molar refractivity (Wildman–Crippen MR) is 121 cm³/mol. The van der Waals surface area contributed by atoms with Crippen LogP contribution in [0.2, 0.25) is 0 Å². The topological polar surface area (TPSA) is 65.5 Å². The van der Waals surface area contributed by atoms with Crippen LogP contribution >= 0.6 is 0 Å². The summed E-state index contributed by atoms with van der Waals surface area (Å²) in [6.07, 6.45) is 2.73. The highest BCUT2D eigenvalue weighted by Crippen LogP contribution is 2.33. The van der Waals surface area contributed by atoms with Crippen molar-refractivity contribution in [2.75, 3.05) is 38.5 Å². The van der Waals surface area contributed by atoms with Gasteiger partial charge in [0.15, 0.2) is 0 Å². The largest absolute Gasteiger partial charge is 0.493 e. The number of nitrogens with zero attached hydrogens (tertiary/aromatic N) is 2. The number of benzene rings is 2. The summed E-state index contributed by atoms with van der Waals surface area (Å²) in [5.41, 5.74) is 3.14. The Morgan fingerprint density at radius 2 is 1.87 bits per heavy atom. The first-order valence-electron chi connectivity index (χ1n) is 10.6. The molecule has 0 spiro atoms. The molecule has 0 radical (unpaired) electrons. The molecule has 160 valence electrons. The van der Waals surface area contributed by atoms with Gasteiger partial charge in [0.05, 0.1) is 25.3 Å². The fourth-order valence-corrected chi connectivity index (χ4v) is 3.13. The molecule has 1 fully saturated rings. The lowest BCUT2D eigenvalue weighted by Crippen LogP contribution is -2.07. The smallest absolute Gasteiger partial charge is 0.146 e. The van der Waals surface area contributed by atoms with Gasteiger partial charge in [0.1, 0.15) is 24.7 Å². The molecule has 0 saturated carbocycles. The SMILES string of the molecule is C1COCO1.CCOc1ccccc1-c1ccc2ncnc(NCCC(C)C)c2c1. The second-order valence-electron chi connectivity index (χ2n) is 7.43. The molecule has 0 aliphatic carbocycles. The van der Waals surface area contributed by atoms with Crippen molar-refractivity contribution < 1.29 is 14.2 Å². The molecule has 2 aromatic carbocycles. The number of aromatic nitrogens is 2. The number of rotatable bonds is 7. The fraction of sp³-hybridized carbons (Fsp3) is 0.417. The van der Waals surface area contributed by atoms with Gasteiger partial charge < -0.3 is 19.5 Å². The zero-order valence-electron chi connectivity index (χ0n) is 18.1. The molecular weight excluding hydrogens is 378 g/mol. The van der Waals surface area contributed by atoms with Crippen LogP contribution in [0, 0.1) is 5.92 Å². The van der Waals surface area contributed by atoms with Gasteiger partial charge in [-0.25, -0.2) is 9.97 Å². The van der Waals surface area contributed by atoms with Crippen molar-refractivity contribution in [2.24, 2.45) is 5.92 Å². The molecule has 1 aromatic heterocycles. The van der Waals surface area contributed by atoms with E-state index in [1.807, 2.05) is 31.2 Å². The fourth-order valence-electron chi connectivity index (χ4n) is 3.13. The summed E-state index contributed by atoms with van der Waals surface area (Å²) in [6, 6.07) is 14.4. The monoisotopic (exact) mass is 409 g/mol. The summed E-state index contributed by atoms with van der Waals surface area (Å²) in [4.78, 5) is 8.84. The summed E-state index contributed by atoms with van der Waals surface area (Å²) < 4.78 is 15.2. The van der Waals surface area contributed by atoms with Crippen molar-refractivity contribution >= 4 is 16.7 Å². The molecule has 1 aliphatic heterocycles. The first kappa shape index (κ1) is 22.0. The molecule has 0 amide bonds. The molecule has 30 heavy (non-hydrogen) atoms. The molecule has 0 unspecified atom stereocenters. The second-order valence-corrected chi connectivity index (χ2v) is 7.43. The van der Waals surface area contributed by atoms with E-state index in [9.17, 15) is 0 Å². The lowest BCUT2D eigenvalue weighted by Gasteiger charge is -2.13. The van der Waals surface area contributed by atoms with E-state index in [4.69, 9.17) is 14.2 Å². The second kappa shape index (κ2) is 11.5. The number of hydrogen-bond donors (Lipinski definition) is 1. The maximum Gasteiger partial charge on any atom is 0.146 e. The first-order chi connectivity index (χ1) is 14.7. The molecular formula is C24H31N3O3. The van der Waals surface area contributed by atoms with E-state index in [0.717, 1.165) is 59.8 Å². The van der Waals surface area contributed by atoms with Crippen LogP contribution < -0.4 is 10.1 Å². The summed E-state index contributed by atoms with van der Waals surface area (Å²) in [5.74, 6) is 2.45. The molecule has 2 heterocycles. The quantitative estimate of drug-likeness (QED) is 0.583. The van der Waals surface area contributed by atoms with Crippen LogP contribution in [0.5, 0.6) is 5.75 Å². The normalized spacial score (nSPS) is 13.2. The van der Waals surface area contributed by atoms with E-state index in [2.05, 4.69) is 47.3 Å². The van der Waals surface area contributed by atoms with Crippen molar-refractivity contribution in [1.82, 2.24) is 9.97 Å². The van der Waals surface area contributed by atoms with Crippen LogP contribution in [0.25, 0.3) is 22.0 Å². The number of para-hydroxylation sites is 1. The van der Waals surface area contributed by atoms with E-state index in [-0.39, 0.29) is 0 Å². The van der Waals surface area contributed by atoms with E-state index in [1.165, 1.54) is 0 Å². The first-order valence-corrected chi connectivity index (χ1v) is 10.6. The highest BCUT2D eigenvalue weighted by Gasteiger charge is 2.09. The summed E-state index contributed by atoms with van der Waals surface area (Å²) in [7, 11) is 0. The van der Waals surface area contributed by atoms with Crippen LogP contribution in [0.15, 0.2) is 48.8 Å². The maximum atomic E-state index is 5.78. The molecule has 3 aromatic rings. The van der Waals surface area contributed by atoms with Crippen LogP contribution in [0.1, 0.15) is 27.2 Å². The minimum absolute atomic E-state index is 0.500. The van der Waals surface area contributed by atoms with Gasteiger partial charge in [0.2, 0.25) is 0 Å². The molecule has 6 heteroatoms. The Balaban J connectivity index is 0.000000448. The number of nitrogens with one attached hydrogen (secondary N) is 1. The summed E-state index contributed by atoms with van der Waals surface area (Å²) >= 11 is 0. The molecule has 4 rings (SSSR count). The molecule has 6 nitrogen and oxygen atoms in total. The minimum Gasteiger partial charge on any atom is -0.493 e. The van der Waals surface area contributed by atoms with Gasteiger partial charge in [0, 0.05) is 17.5 Å². The molecule has 0 bridgehead atoms. The summed E-state index contributed by atoms with van der Waals surface area (Å²) in [6.45, 7) is 10.1. The van der Waals surface area contributed by atoms with Crippen LogP contribution in [0.3, 0.4) is 0 Å². The van der Waals surface area contributed by atoms with Gasteiger partial charge in [-0.05, 0) is 43.0 Å². The van der Waals surface area contributed by atoms with Gasteiger partial charge >= 0.3 is 0 Å². The zero-order chi connectivity index (χ0) is 21.2. The maximum absolute atomic E-state index is 5.78. The van der Waals surface area contributed by atoms with Gasteiger partial charge in [-0.2, -0.15) is 0 Å². The third-order valence-corrected chi connectivity index (χ3v) is 4.69. The number of hydrogen-bond acceptors (Lipinski definition) is 6. The van der Waals surface area contributed by atoms with Crippen LogP contribution in [-0.4, -0.2) is 43.1 Å². The lowest BCUT2D eigenvalue weighted by molar-refractivity contribution is 0.0692. The van der Waals surface area contributed by atoms with E-state index in [1.54, 1.807) is 6.33 Å². The van der Waals surface area contributed by atoms with Gasteiger partial charge in [-0.3, -0.25) is 0 Å². The van der Waals surface area contributed by atoms with Gasteiger partial charge in [-0.1, -0.05) is 38.1 Å². The molecule has 1 saturated heterocycles. The number of fused-ring (bicyclic) bond motifs is 1. The Kier molecular flexibility index (Phi) is 8.41. The number of ether oxygens (including phenoxy) is 3. The van der Waals surface area contributed by atoms with Gasteiger partial charge in [0.25, 0.3) is 0 Å². The Hall–Kier alpha value is -2.70. The third-order valence-electron chi connectivity index (χ3n) is 4.69. The lowest BCUT2D eigenvalue weighted by atomic mass is 10.0. The Morgan fingerprint density at radius 3 is 2.57 bits per heavy atom. The Bertz CT molecular complexity index is 919. The average Bonchev–Trinajstić information content (AvgIpc) is 3.34. The number of anilines is 1. The van der Waals surface area contributed by atoms with Crippen molar-refractivity contribution in [3.63, 3.8) is 0 Å². The average molecular weight is 410 g/mol. The standard InChI is InChI=1S/C21H25N3O.C3H6O2/c1-4-25-20-8-6-5-7-17(20)16-9-10-19-18(13-16)21(24-14-23-19)22-12-11-15(2)3;1-2-5-3-4-1/h5-10,13-15H,4,11-12H2,1-3H3,(H,22,23,24);1-3H2. The van der Waals surface area contributed by atoms with Crippen molar-refractivity contribution in [3.05, 3.63) is 48.8 Å².